The molecule has 0 radical (unpaired) electrons. The maximum atomic E-state index is 12.3. The average molecular weight is 361 g/mol. The van der Waals surface area contributed by atoms with Crippen molar-refractivity contribution in [1.82, 2.24) is 9.71 Å². The lowest BCUT2D eigenvalue weighted by Gasteiger charge is -2.28. The Labute approximate surface area is 137 Å². The predicted octanol–water partition coefficient (Wildman–Crippen LogP) is 0.815. The van der Waals surface area contributed by atoms with Crippen molar-refractivity contribution in [3.05, 3.63) is 18.3 Å². The Morgan fingerprint density at radius 3 is 2.22 bits per heavy atom. The zero-order chi connectivity index (χ0) is 17.1. The minimum absolute atomic E-state index is 0.0675. The van der Waals surface area contributed by atoms with Crippen LogP contribution in [0.4, 0.5) is 0 Å². The first kappa shape index (κ1) is 18.3. The summed E-state index contributed by atoms with van der Waals surface area (Å²) in [5.74, 6) is 0. The fourth-order valence-electron chi connectivity index (χ4n) is 2.68. The summed E-state index contributed by atoms with van der Waals surface area (Å²) in [6, 6.07) is 2.43. The van der Waals surface area contributed by atoms with Crippen LogP contribution in [0.5, 0.6) is 0 Å². The summed E-state index contributed by atoms with van der Waals surface area (Å²) in [5, 5.41) is -0.157. The van der Waals surface area contributed by atoms with E-state index in [0.717, 1.165) is 51.0 Å². The lowest BCUT2D eigenvalue weighted by atomic mass is 9.92. The quantitative estimate of drug-likeness (QED) is 0.749. The zero-order valence-electron chi connectivity index (χ0n) is 13.2. The molecule has 2 rings (SSSR count). The third kappa shape index (κ3) is 4.97. The molecule has 9 heteroatoms. The molecule has 0 atom stereocenters. The van der Waals surface area contributed by atoms with Crippen molar-refractivity contribution in [2.45, 2.75) is 54.0 Å². The van der Waals surface area contributed by atoms with Gasteiger partial charge in [0, 0.05) is 24.5 Å². The van der Waals surface area contributed by atoms with Crippen molar-refractivity contribution in [3.8, 4) is 0 Å². The minimum atomic E-state index is -3.76. The summed E-state index contributed by atoms with van der Waals surface area (Å²) in [7, 11) is -7.21. The number of hydrogen-bond acceptors (Lipinski definition) is 6. The zero-order valence-corrected chi connectivity index (χ0v) is 14.8. The van der Waals surface area contributed by atoms with Crippen LogP contribution in [-0.4, -0.2) is 40.2 Å². The number of nitrogens with one attached hydrogen (secondary N) is 1. The molecule has 1 fully saturated rings. The number of sulfone groups is 1. The van der Waals surface area contributed by atoms with Crippen LogP contribution in [0, 0.1) is 0 Å². The van der Waals surface area contributed by atoms with Crippen molar-refractivity contribution in [3.63, 3.8) is 0 Å². The first-order valence-corrected chi connectivity index (χ1v) is 10.9. The molecule has 0 bridgehead atoms. The molecule has 0 saturated heterocycles. The Balaban J connectivity index is 2.09. The average Bonchev–Trinajstić information content (AvgIpc) is 2.70. The first-order valence-electron chi connectivity index (χ1n) is 7.57. The topological polar surface area (TPSA) is 119 Å². The molecule has 130 valence electrons. The molecular formula is C14H23N3O4S2. The third-order valence-corrected chi connectivity index (χ3v) is 6.50. The molecule has 1 aromatic heterocycles. The van der Waals surface area contributed by atoms with E-state index < -0.39 is 25.4 Å². The van der Waals surface area contributed by atoms with E-state index in [4.69, 9.17) is 5.73 Å². The second-order valence-corrected chi connectivity index (χ2v) is 9.94. The van der Waals surface area contributed by atoms with Crippen molar-refractivity contribution in [1.29, 1.82) is 0 Å². The molecule has 23 heavy (non-hydrogen) atoms. The van der Waals surface area contributed by atoms with Crippen LogP contribution >= 0.6 is 0 Å². The van der Waals surface area contributed by atoms with Crippen LogP contribution in [0.1, 0.15) is 38.5 Å². The standard InChI is InChI=1S/C14H23N3O4S2/c1-22(18,19)13-7-6-12(10-16-13)23(20,21)17-11-14(15)8-4-2-3-5-9-14/h6-7,10,17H,2-5,8-9,11,15H2,1H3. The molecule has 0 spiro atoms. The summed E-state index contributed by atoms with van der Waals surface area (Å²) < 4.78 is 49.9. The highest BCUT2D eigenvalue weighted by Crippen LogP contribution is 2.24. The van der Waals surface area contributed by atoms with Gasteiger partial charge in [0.15, 0.2) is 14.9 Å². The van der Waals surface area contributed by atoms with E-state index in [1.165, 1.54) is 12.1 Å². The number of nitrogens with zero attached hydrogens (tertiary/aromatic N) is 1. The third-order valence-electron chi connectivity index (χ3n) is 4.11. The molecule has 0 aromatic carbocycles. The van der Waals surface area contributed by atoms with Crippen molar-refractivity contribution in [2.75, 3.05) is 12.8 Å². The number of pyridine rings is 1. The van der Waals surface area contributed by atoms with Gasteiger partial charge in [-0.25, -0.2) is 26.5 Å². The van der Waals surface area contributed by atoms with Crippen LogP contribution in [0.2, 0.25) is 0 Å². The van der Waals surface area contributed by atoms with Crippen LogP contribution < -0.4 is 10.5 Å². The molecule has 1 saturated carbocycles. The summed E-state index contributed by atoms with van der Waals surface area (Å²) >= 11 is 0. The van der Waals surface area contributed by atoms with Crippen molar-refractivity contribution in [2.24, 2.45) is 5.73 Å². The molecule has 1 heterocycles. The molecule has 7 nitrogen and oxygen atoms in total. The minimum Gasteiger partial charge on any atom is -0.324 e. The molecule has 3 N–H and O–H groups in total. The smallest absolute Gasteiger partial charge is 0.242 e. The number of sulfonamides is 1. The summed E-state index contributed by atoms with van der Waals surface area (Å²) in [5.41, 5.74) is 5.78. The maximum Gasteiger partial charge on any atom is 0.242 e. The Morgan fingerprint density at radius 1 is 1.13 bits per heavy atom. The van der Waals surface area contributed by atoms with Gasteiger partial charge in [0.25, 0.3) is 0 Å². The predicted molar refractivity (Wildman–Crippen MR) is 87.2 cm³/mol. The molecule has 0 amide bonds. The number of nitrogens with two attached hydrogens (primary N) is 1. The van der Waals surface area contributed by atoms with Gasteiger partial charge >= 0.3 is 0 Å². The highest BCUT2D eigenvalue weighted by atomic mass is 32.2. The molecule has 0 aliphatic heterocycles. The van der Waals surface area contributed by atoms with Crippen LogP contribution in [0.25, 0.3) is 0 Å². The van der Waals surface area contributed by atoms with E-state index in [0.29, 0.717) is 0 Å². The highest BCUT2D eigenvalue weighted by molar-refractivity contribution is 7.90. The van der Waals surface area contributed by atoms with Gasteiger partial charge < -0.3 is 5.73 Å². The normalized spacial score (nSPS) is 19.2. The van der Waals surface area contributed by atoms with Gasteiger partial charge in [-0.15, -0.1) is 0 Å². The molecule has 0 unspecified atom stereocenters. The van der Waals surface area contributed by atoms with E-state index in [-0.39, 0.29) is 16.5 Å². The number of hydrogen-bond donors (Lipinski definition) is 2. The van der Waals surface area contributed by atoms with Gasteiger partial charge in [0.2, 0.25) is 10.0 Å². The van der Waals surface area contributed by atoms with E-state index in [1.54, 1.807) is 0 Å². The van der Waals surface area contributed by atoms with Crippen LogP contribution in [0.15, 0.2) is 28.3 Å². The van der Waals surface area contributed by atoms with E-state index in [9.17, 15) is 16.8 Å². The summed E-state index contributed by atoms with van der Waals surface area (Å²) in [6.45, 7) is 0.170. The van der Waals surface area contributed by atoms with Gasteiger partial charge in [-0.05, 0) is 25.0 Å². The van der Waals surface area contributed by atoms with Gasteiger partial charge in [-0.2, -0.15) is 0 Å². The van der Waals surface area contributed by atoms with E-state index >= 15 is 0 Å². The second-order valence-electron chi connectivity index (χ2n) is 6.21. The first-order chi connectivity index (χ1) is 10.6. The lowest BCUT2D eigenvalue weighted by molar-refractivity contribution is 0.369. The number of rotatable bonds is 5. The lowest BCUT2D eigenvalue weighted by Crippen LogP contribution is -2.49. The summed E-state index contributed by atoms with van der Waals surface area (Å²) in [4.78, 5) is 3.64. The molecule has 1 aromatic rings. The summed E-state index contributed by atoms with van der Waals surface area (Å²) in [6.07, 6.45) is 7.92. The Hall–Kier alpha value is -1.03. The largest absolute Gasteiger partial charge is 0.324 e. The van der Waals surface area contributed by atoms with Gasteiger partial charge in [-0.3, -0.25) is 0 Å². The van der Waals surface area contributed by atoms with Gasteiger partial charge in [0.1, 0.15) is 4.90 Å². The fourth-order valence-corrected chi connectivity index (χ4v) is 4.32. The highest BCUT2D eigenvalue weighted by Gasteiger charge is 2.28. The van der Waals surface area contributed by atoms with Crippen LogP contribution in [0.3, 0.4) is 0 Å². The Morgan fingerprint density at radius 2 is 1.74 bits per heavy atom. The van der Waals surface area contributed by atoms with Gasteiger partial charge in [-0.1, -0.05) is 25.7 Å². The SMILES string of the molecule is CS(=O)(=O)c1ccc(S(=O)(=O)NCC2(N)CCCCCC2)cn1. The van der Waals surface area contributed by atoms with Crippen molar-refractivity contribution < 1.29 is 16.8 Å². The molecular weight excluding hydrogens is 338 g/mol. The van der Waals surface area contributed by atoms with Crippen LogP contribution in [-0.2, 0) is 19.9 Å². The van der Waals surface area contributed by atoms with E-state index in [1.807, 2.05) is 0 Å². The number of aromatic nitrogens is 1. The molecule has 1 aliphatic carbocycles. The Kier molecular flexibility index (Phi) is 5.44. The monoisotopic (exact) mass is 361 g/mol. The van der Waals surface area contributed by atoms with Gasteiger partial charge in [0.05, 0.1) is 0 Å². The maximum absolute atomic E-state index is 12.3. The van der Waals surface area contributed by atoms with E-state index in [2.05, 4.69) is 9.71 Å². The second kappa shape index (κ2) is 6.84. The molecule has 1 aliphatic rings. The van der Waals surface area contributed by atoms with Crippen molar-refractivity contribution >= 4 is 19.9 Å². The Bertz CT molecular complexity index is 735. The fraction of sp³-hybridized carbons (Fsp3) is 0.643.